The van der Waals surface area contributed by atoms with Gasteiger partial charge in [-0.1, -0.05) is 0 Å². The quantitative estimate of drug-likeness (QED) is 0.439. The number of hydrazine groups is 1. The van der Waals surface area contributed by atoms with E-state index in [-0.39, 0.29) is 0 Å². The molecule has 0 bridgehead atoms. The standard InChI is InChI=1S/C3H4N2O2/c6-3-5-4-1-2-7-3/h1-2,4H,(H,5,6). The van der Waals surface area contributed by atoms with Crippen LogP contribution in [0.4, 0.5) is 4.79 Å². The fraction of sp³-hybridized carbons (Fsp3) is 0. The lowest BCUT2D eigenvalue weighted by molar-refractivity contribution is 0.176. The minimum absolute atomic E-state index is 0.484. The second-order valence-electron chi connectivity index (χ2n) is 0.977. The molecule has 0 radical (unpaired) electrons. The maximum atomic E-state index is 10.0. The molecule has 7 heavy (non-hydrogen) atoms. The van der Waals surface area contributed by atoms with Gasteiger partial charge in [0.15, 0.2) is 0 Å². The maximum Gasteiger partial charge on any atom is 0.430 e. The van der Waals surface area contributed by atoms with E-state index in [1.807, 2.05) is 0 Å². The van der Waals surface area contributed by atoms with Gasteiger partial charge in [0.05, 0.1) is 6.20 Å². The Kier molecular flexibility index (Phi) is 0.856. The smallest absolute Gasteiger partial charge is 0.415 e. The highest BCUT2D eigenvalue weighted by Gasteiger charge is 1.97. The number of cyclic esters (lactones) is 1. The predicted octanol–water partition coefficient (Wildman–Crippen LogP) is -0.298. The van der Waals surface area contributed by atoms with E-state index >= 15 is 0 Å². The minimum Gasteiger partial charge on any atom is -0.415 e. The summed E-state index contributed by atoms with van der Waals surface area (Å²) in [5.41, 5.74) is 4.61. The number of amides is 1. The van der Waals surface area contributed by atoms with E-state index in [0.717, 1.165) is 0 Å². The van der Waals surface area contributed by atoms with Crippen LogP contribution in [0.25, 0.3) is 0 Å². The van der Waals surface area contributed by atoms with Crippen molar-refractivity contribution in [2.24, 2.45) is 0 Å². The molecule has 0 fully saturated rings. The van der Waals surface area contributed by atoms with Crippen molar-refractivity contribution < 1.29 is 9.53 Å². The molecule has 4 heteroatoms. The first kappa shape index (κ1) is 3.98. The molecule has 38 valence electrons. The van der Waals surface area contributed by atoms with Gasteiger partial charge in [0.2, 0.25) is 0 Å². The topological polar surface area (TPSA) is 50.4 Å². The molecule has 0 aromatic rings. The van der Waals surface area contributed by atoms with Gasteiger partial charge < -0.3 is 10.2 Å². The van der Waals surface area contributed by atoms with E-state index in [4.69, 9.17) is 0 Å². The number of carbonyl (C=O) groups is 1. The second-order valence-corrected chi connectivity index (χ2v) is 0.977. The molecular formula is C3H4N2O2. The molecule has 1 aliphatic rings. The molecule has 0 spiro atoms. The molecule has 4 nitrogen and oxygen atoms in total. The number of carbonyl (C=O) groups excluding carboxylic acids is 1. The third-order valence-electron chi connectivity index (χ3n) is 0.501. The van der Waals surface area contributed by atoms with Crippen LogP contribution < -0.4 is 10.9 Å². The van der Waals surface area contributed by atoms with Gasteiger partial charge in [-0.25, -0.2) is 10.2 Å². The fourth-order valence-corrected chi connectivity index (χ4v) is 0.260. The fourth-order valence-electron chi connectivity index (χ4n) is 0.260. The Morgan fingerprint density at radius 2 is 2.57 bits per heavy atom. The average molecular weight is 100 g/mol. The molecule has 1 aliphatic heterocycles. The Bertz CT molecular complexity index is 110. The maximum absolute atomic E-state index is 10.0. The molecule has 2 N–H and O–H groups in total. The van der Waals surface area contributed by atoms with Crippen LogP contribution in [0.1, 0.15) is 0 Å². The first-order valence-electron chi connectivity index (χ1n) is 1.77. The largest absolute Gasteiger partial charge is 0.430 e. The van der Waals surface area contributed by atoms with E-state index in [9.17, 15) is 4.79 Å². The van der Waals surface area contributed by atoms with Crippen molar-refractivity contribution in [3.8, 4) is 0 Å². The van der Waals surface area contributed by atoms with Crippen molar-refractivity contribution in [3.63, 3.8) is 0 Å². The molecule has 0 aliphatic carbocycles. The number of nitrogens with one attached hydrogen (secondary N) is 2. The molecule has 1 amide bonds. The molecule has 0 unspecified atom stereocenters. The van der Waals surface area contributed by atoms with Crippen LogP contribution in [-0.4, -0.2) is 6.09 Å². The van der Waals surface area contributed by atoms with Gasteiger partial charge >= 0.3 is 6.09 Å². The third-order valence-corrected chi connectivity index (χ3v) is 0.501. The zero-order valence-corrected chi connectivity index (χ0v) is 3.47. The summed E-state index contributed by atoms with van der Waals surface area (Å²) in [4.78, 5) is 10.0. The van der Waals surface area contributed by atoms with Crippen LogP contribution in [0.3, 0.4) is 0 Å². The number of rotatable bonds is 0. The minimum atomic E-state index is -0.484. The van der Waals surface area contributed by atoms with Crippen LogP contribution in [0, 0.1) is 0 Å². The van der Waals surface area contributed by atoms with Crippen molar-refractivity contribution in [2.75, 3.05) is 0 Å². The van der Waals surface area contributed by atoms with Gasteiger partial charge in [0.25, 0.3) is 0 Å². The van der Waals surface area contributed by atoms with Gasteiger partial charge in [-0.15, -0.1) is 0 Å². The van der Waals surface area contributed by atoms with Crippen LogP contribution in [-0.2, 0) is 4.74 Å². The summed E-state index contributed by atoms with van der Waals surface area (Å²) in [6.07, 6.45) is 2.25. The normalized spacial score (nSPS) is 16.9. The summed E-state index contributed by atoms with van der Waals surface area (Å²) >= 11 is 0. The van der Waals surface area contributed by atoms with E-state index in [1.54, 1.807) is 0 Å². The summed E-state index contributed by atoms with van der Waals surface area (Å²) in [5, 5.41) is 0. The third kappa shape index (κ3) is 0.819. The lowest BCUT2D eigenvalue weighted by atomic mass is 10.9. The van der Waals surface area contributed by atoms with Crippen molar-refractivity contribution in [3.05, 3.63) is 12.5 Å². The Morgan fingerprint density at radius 1 is 1.71 bits per heavy atom. The van der Waals surface area contributed by atoms with Crippen LogP contribution >= 0.6 is 0 Å². The van der Waals surface area contributed by atoms with Crippen molar-refractivity contribution in [1.82, 2.24) is 10.9 Å². The molecule has 0 atom stereocenters. The summed E-state index contributed by atoms with van der Waals surface area (Å²) in [5.74, 6) is 0. The van der Waals surface area contributed by atoms with Gasteiger partial charge in [0.1, 0.15) is 6.26 Å². The van der Waals surface area contributed by atoms with Crippen LogP contribution in [0.2, 0.25) is 0 Å². The molecule has 0 saturated heterocycles. The monoisotopic (exact) mass is 100 g/mol. The molecule has 1 heterocycles. The first-order valence-corrected chi connectivity index (χ1v) is 1.77. The zero-order valence-electron chi connectivity index (χ0n) is 3.47. The van der Waals surface area contributed by atoms with E-state index in [0.29, 0.717) is 0 Å². The summed E-state index contributed by atoms with van der Waals surface area (Å²) in [7, 11) is 0. The molecule has 0 aromatic carbocycles. The molecule has 1 rings (SSSR count). The van der Waals surface area contributed by atoms with E-state index < -0.39 is 6.09 Å². The van der Waals surface area contributed by atoms with Gasteiger partial charge in [-0.05, 0) is 0 Å². The summed E-state index contributed by atoms with van der Waals surface area (Å²) in [6.45, 7) is 0. The van der Waals surface area contributed by atoms with E-state index in [2.05, 4.69) is 15.6 Å². The Hall–Kier alpha value is -1.19. The highest BCUT2D eigenvalue weighted by Crippen LogP contribution is 1.79. The molecular weight excluding hydrogens is 96.0 g/mol. The van der Waals surface area contributed by atoms with Crippen molar-refractivity contribution in [2.45, 2.75) is 0 Å². The highest BCUT2D eigenvalue weighted by molar-refractivity contribution is 5.67. The lowest BCUT2D eigenvalue weighted by Crippen LogP contribution is -2.36. The van der Waals surface area contributed by atoms with Crippen LogP contribution in [0.15, 0.2) is 12.5 Å². The zero-order chi connectivity index (χ0) is 5.11. The van der Waals surface area contributed by atoms with Gasteiger partial charge in [-0.3, -0.25) is 0 Å². The van der Waals surface area contributed by atoms with E-state index in [1.165, 1.54) is 12.5 Å². The molecule has 0 aromatic heterocycles. The Labute approximate surface area is 40.1 Å². The average Bonchev–Trinajstić information content (AvgIpc) is 1.69. The first-order chi connectivity index (χ1) is 3.39. The summed E-state index contributed by atoms with van der Waals surface area (Å²) < 4.78 is 4.28. The second kappa shape index (κ2) is 1.51. The SMILES string of the molecule is O=C1NNC=CO1. The van der Waals surface area contributed by atoms with Gasteiger partial charge in [0, 0.05) is 0 Å². The molecule has 0 saturated carbocycles. The van der Waals surface area contributed by atoms with Crippen molar-refractivity contribution in [1.29, 1.82) is 0 Å². The predicted molar refractivity (Wildman–Crippen MR) is 21.9 cm³/mol. The van der Waals surface area contributed by atoms with Crippen molar-refractivity contribution >= 4 is 6.09 Å². The van der Waals surface area contributed by atoms with Crippen LogP contribution in [0.5, 0.6) is 0 Å². The number of hydrogen-bond donors (Lipinski definition) is 2. The Morgan fingerprint density at radius 3 is 2.86 bits per heavy atom. The number of hydrogen-bond acceptors (Lipinski definition) is 3. The van der Waals surface area contributed by atoms with Gasteiger partial charge in [-0.2, -0.15) is 0 Å². The summed E-state index contributed by atoms with van der Waals surface area (Å²) in [6, 6.07) is 0. The Balaban J connectivity index is 2.47. The highest BCUT2D eigenvalue weighted by atomic mass is 16.5. The lowest BCUT2D eigenvalue weighted by Gasteiger charge is -2.05. The number of ether oxygens (including phenoxy) is 1.